The van der Waals surface area contributed by atoms with Crippen LogP contribution in [0, 0.1) is 0 Å². The minimum Gasteiger partial charge on any atom is -0.492 e. The summed E-state index contributed by atoms with van der Waals surface area (Å²) in [4.78, 5) is 1.35. The van der Waals surface area contributed by atoms with Gasteiger partial charge in [-0.3, -0.25) is 0 Å². The van der Waals surface area contributed by atoms with Crippen LogP contribution in [0.3, 0.4) is 0 Å². The molecule has 0 aliphatic carbocycles. The Bertz CT molecular complexity index is 471. The SMILES string of the molecule is COCc1cccc(OCCNCc2cccs2)c1. The maximum absolute atomic E-state index is 5.70. The van der Waals surface area contributed by atoms with Crippen LogP contribution >= 0.6 is 11.3 Å². The van der Waals surface area contributed by atoms with Crippen LogP contribution < -0.4 is 10.1 Å². The number of ether oxygens (including phenoxy) is 2. The van der Waals surface area contributed by atoms with Gasteiger partial charge in [-0.1, -0.05) is 18.2 Å². The monoisotopic (exact) mass is 277 g/mol. The molecule has 0 aliphatic heterocycles. The van der Waals surface area contributed by atoms with Gasteiger partial charge < -0.3 is 14.8 Å². The standard InChI is InChI=1S/C15H19NO2S/c1-17-12-13-4-2-5-14(10-13)18-8-7-16-11-15-6-3-9-19-15/h2-6,9-10,16H,7-8,11-12H2,1H3. The molecule has 2 rings (SSSR count). The molecular weight excluding hydrogens is 258 g/mol. The molecule has 0 atom stereocenters. The van der Waals surface area contributed by atoms with Gasteiger partial charge in [0.1, 0.15) is 12.4 Å². The van der Waals surface area contributed by atoms with Gasteiger partial charge in [0.25, 0.3) is 0 Å². The number of thiophene rings is 1. The molecule has 0 fully saturated rings. The molecule has 0 saturated heterocycles. The van der Waals surface area contributed by atoms with Gasteiger partial charge in [-0.15, -0.1) is 11.3 Å². The molecule has 0 radical (unpaired) electrons. The second-order valence-electron chi connectivity index (χ2n) is 4.19. The first-order valence-electron chi connectivity index (χ1n) is 6.32. The zero-order chi connectivity index (χ0) is 13.3. The van der Waals surface area contributed by atoms with Gasteiger partial charge in [0.15, 0.2) is 0 Å². The summed E-state index contributed by atoms with van der Waals surface area (Å²) in [7, 11) is 1.70. The van der Waals surface area contributed by atoms with Crippen LogP contribution in [0.1, 0.15) is 10.4 Å². The lowest BCUT2D eigenvalue weighted by Crippen LogP contribution is -2.20. The molecule has 0 amide bonds. The Kier molecular flexibility index (Phi) is 5.88. The predicted molar refractivity (Wildman–Crippen MR) is 78.7 cm³/mol. The number of benzene rings is 1. The van der Waals surface area contributed by atoms with Crippen LogP contribution in [-0.2, 0) is 17.9 Å². The van der Waals surface area contributed by atoms with Crippen molar-refractivity contribution >= 4 is 11.3 Å². The fourth-order valence-corrected chi connectivity index (χ4v) is 2.43. The highest BCUT2D eigenvalue weighted by atomic mass is 32.1. The highest BCUT2D eigenvalue weighted by molar-refractivity contribution is 7.09. The number of hydrogen-bond acceptors (Lipinski definition) is 4. The Hall–Kier alpha value is -1.36. The molecule has 1 N–H and O–H groups in total. The molecular formula is C15H19NO2S. The number of nitrogens with one attached hydrogen (secondary N) is 1. The smallest absolute Gasteiger partial charge is 0.119 e. The van der Waals surface area contributed by atoms with Gasteiger partial charge >= 0.3 is 0 Å². The molecule has 0 aliphatic rings. The fourth-order valence-electron chi connectivity index (χ4n) is 1.76. The van der Waals surface area contributed by atoms with Gasteiger partial charge in [0.05, 0.1) is 6.61 Å². The van der Waals surface area contributed by atoms with Crippen molar-refractivity contribution in [3.05, 3.63) is 52.2 Å². The first kappa shape index (κ1) is 14.1. The van der Waals surface area contributed by atoms with E-state index in [1.54, 1.807) is 18.4 Å². The summed E-state index contributed by atoms with van der Waals surface area (Å²) >= 11 is 1.77. The van der Waals surface area contributed by atoms with Crippen LogP contribution in [-0.4, -0.2) is 20.3 Å². The largest absolute Gasteiger partial charge is 0.492 e. The molecule has 2 aromatic rings. The summed E-state index contributed by atoms with van der Waals surface area (Å²) in [5.41, 5.74) is 1.13. The van der Waals surface area contributed by atoms with Crippen molar-refractivity contribution in [1.29, 1.82) is 0 Å². The molecule has 0 bridgehead atoms. The van der Waals surface area contributed by atoms with Crippen molar-refractivity contribution in [2.75, 3.05) is 20.3 Å². The van der Waals surface area contributed by atoms with E-state index in [-0.39, 0.29) is 0 Å². The van der Waals surface area contributed by atoms with Gasteiger partial charge in [0, 0.05) is 25.1 Å². The van der Waals surface area contributed by atoms with Crippen molar-refractivity contribution < 1.29 is 9.47 Å². The minimum atomic E-state index is 0.619. The van der Waals surface area contributed by atoms with E-state index in [0.29, 0.717) is 13.2 Å². The molecule has 1 aromatic carbocycles. The average molecular weight is 277 g/mol. The molecule has 0 saturated carbocycles. The van der Waals surface area contributed by atoms with E-state index in [1.807, 2.05) is 24.3 Å². The van der Waals surface area contributed by atoms with Gasteiger partial charge in [-0.05, 0) is 29.1 Å². The van der Waals surface area contributed by atoms with E-state index in [2.05, 4.69) is 22.8 Å². The third-order valence-corrected chi connectivity index (χ3v) is 3.51. The van der Waals surface area contributed by atoms with Gasteiger partial charge in [-0.25, -0.2) is 0 Å². The maximum Gasteiger partial charge on any atom is 0.119 e. The first-order chi connectivity index (χ1) is 9.38. The molecule has 19 heavy (non-hydrogen) atoms. The Morgan fingerprint density at radius 1 is 1.21 bits per heavy atom. The Labute approximate surface area is 118 Å². The minimum absolute atomic E-state index is 0.619. The van der Waals surface area contributed by atoms with E-state index in [4.69, 9.17) is 9.47 Å². The molecule has 0 spiro atoms. The van der Waals surface area contributed by atoms with Crippen molar-refractivity contribution in [2.24, 2.45) is 0 Å². The van der Waals surface area contributed by atoms with E-state index in [0.717, 1.165) is 24.4 Å². The summed E-state index contributed by atoms with van der Waals surface area (Å²) in [5.74, 6) is 0.896. The third-order valence-electron chi connectivity index (χ3n) is 2.64. The lowest BCUT2D eigenvalue weighted by atomic mass is 10.2. The van der Waals surface area contributed by atoms with Crippen LogP contribution in [0.4, 0.5) is 0 Å². The van der Waals surface area contributed by atoms with Crippen LogP contribution in [0.5, 0.6) is 5.75 Å². The fraction of sp³-hybridized carbons (Fsp3) is 0.333. The maximum atomic E-state index is 5.70. The molecule has 1 aromatic heterocycles. The summed E-state index contributed by atoms with van der Waals surface area (Å²) < 4.78 is 10.8. The summed E-state index contributed by atoms with van der Waals surface area (Å²) in [6, 6.07) is 12.2. The Morgan fingerprint density at radius 2 is 2.16 bits per heavy atom. The van der Waals surface area contributed by atoms with Crippen molar-refractivity contribution in [3.8, 4) is 5.75 Å². The second-order valence-corrected chi connectivity index (χ2v) is 5.22. The van der Waals surface area contributed by atoms with Crippen LogP contribution in [0.15, 0.2) is 41.8 Å². The lowest BCUT2D eigenvalue weighted by Gasteiger charge is -2.08. The summed E-state index contributed by atoms with van der Waals surface area (Å²) in [5, 5.41) is 5.45. The number of methoxy groups -OCH3 is 1. The lowest BCUT2D eigenvalue weighted by molar-refractivity contribution is 0.184. The van der Waals surface area contributed by atoms with E-state index < -0.39 is 0 Å². The average Bonchev–Trinajstić information content (AvgIpc) is 2.92. The second kappa shape index (κ2) is 7.94. The predicted octanol–water partition coefficient (Wildman–Crippen LogP) is 3.06. The van der Waals surface area contributed by atoms with Crippen molar-refractivity contribution in [3.63, 3.8) is 0 Å². The molecule has 102 valence electrons. The van der Waals surface area contributed by atoms with Gasteiger partial charge in [-0.2, -0.15) is 0 Å². The van der Waals surface area contributed by atoms with Crippen molar-refractivity contribution in [1.82, 2.24) is 5.32 Å². The molecule has 1 heterocycles. The highest BCUT2D eigenvalue weighted by Gasteiger charge is 1.97. The molecule has 4 heteroatoms. The normalized spacial score (nSPS) is 10.6. The van der Waals surface area contributed by atoms with E-state index in [9.17, 15) is 0 Å². The Balaban J connectivity index is 1.66. The number of rotatable bonds is 8. The molecule has 0 unspecified atom stereocenters. The first-order valence-corrected chi connectivity index (χ1v) is 7.20. The number of hydrogen-bond donors (Lipinski definition) is 1. The quantitative estimate of drug-likeness (QED) is 0.752. The van der Waals surface area contributed by atoms with Crippen LogP contribution in [0.25, 0.3) is 0 Å². The van der Waals surface area contributed by atoms with E-state index >= 15 is 0 Å². The highest BCUT2D eigenvalue weighted by Crippen LogP contribution is 2.13. The van der Waals surface area contributed by atoms with E-state index in [1.165, 1.54) is 4.88 Å². The van der Waals surface area contributed by atoms with Crippen LogP contribution in [0.2, 0.25) is 0 Å². The zero-order valence-corrected chi connectivity index (χ0v) is 11.9. The van der Waals surface area contributed by atoms with Gasteiger partial charge in [0.2, 0.25) is 0 Å². The third kappa shape index (κ3) is 5.03. The zero-order valence-electron chi connectivity index (χ0n) is 11.1. The summed E-state index contributed by atoms with van der Waals surface area (Å²) in [6.45, 7) is 3.03. The Morgan fingerprint density at radius 3 is 2.95 bits per heavy atom. The van der Waals surface area contributed by atoms with Crippen molar-refractivity contribution in [2.45, 2.75) is 13.2 Å². The molecule has 3 nitrogen and oxygen atoms in total. The topological polar surface area (TPSA) is 30.5 Å². The summed E-state index contributed by atoms with van der Waals surface area (Å²) in [6.07, 6.45) is 0.